The lowest BCUT2D eigenvalue weighted by Crippen LogP contribution is -2.44. The molecule has 6 nitrogen and oxygen atoms in total. The summed E-state index contributed by atoms with van der Waals surface area (Å²) in [6.07, 6.45) is 3.73. The molecule has 2 N–H and O–H groups in total. The van der Waals surface area contributed by atoms with Crippen molar-refractivity contribution in [1.82, 2.24) is 25.3 Å². The molecular formula is C19H29ClN6. The molecule has 1 unspecified atom stereocenters. The van der Waals surface area contributed by atoms with Crippen LogP contribution in [0.4, 0.5) is 0 Å². The molecular weight excluding hydrogens is 348 g/mol. The zero-order valence-corrected chi connectivity index (χ0v) is 16.6. The van der Waals surface area contributed by atoms with Crippen molar-refractivity contribution < 1.29 is 0 Å². The summed E-state index contributed by atoms with van der Waals surface area (Å²) < 4.78 is 1.89. The van der Waals surface area contributed by atoms with Gasteiger partial charge in [0.1, 0.15) is 0 Å². The predicted molar refractivity (Wildman–Crippen MR) is 109 cm³/mol. The van der Waals surface area contributed by atoms with E-state index in [9.17, 15) is 0 Å². The van der Waals surface area contributed by atoms with Gasteiger partial charge in [0.05, 0.1) is 12.6 Å². The zero-order valence-electron chi connectivity index (χ0n) is 15.8. The van der Waals surface area contributed by atoms with E-state index in [1.165, 1.54) is 0 Å². The first-order valence-corrected chi connectivity index (χ1v) is 9.47. The molecule has 26 heavy (non-hydrogen) atoms. The summed E-state index contributed by atoms with van der Waals surface area (Å²) in [5.74, 6) is 0.779. The Morgan fingerprint density at radius 1 is 1.23 bits per heavy atom. The van der Waals surface area contributed by atoms with Crippen LogP contribution in [0.25, 0.3) is 0 Å². The number of halogens is 1. The van der Waals surface area contributed by atoms with Crippen LogP contribution in [-0.4, -0.2) is 53.9 Å². The van der Waals surface area contributed by atoms with Gasteiger partial charge in [-0.3, -0.25) is 14.6 Å². The molecule has 0 aliphatic heterocycles. The number of benzene rings is 1. The molecule has 0 amide bonds. The summed E-state index contributed by atoms with van der Waals surface area (Å²) >= 11 is 6.46. The van der Waals surface area contributed by atoms with Crippen molar-refractivity contribution in [3.63, 3.8) is 0 Å². The summed E-state index contributed by atoms with van der Waals surface area (Å²) in [4.78, 5) is 6.71. The van der Waals surface area contributed by atoms with Crippen LogP contribution in [0.3, 0.4) is 0 Å². The van der Waals surface area contributed by atoms with Crippen LogP contribution in [0.15, 0.2) is 47.7 Å². The molecule has 0 radical (unpaired) electrons. The molecule has 1 atom stereocenters. The Labute approximate surface area is 161 Å². The van der Waals surface area contributed by atoms with Crippen molar-refractivity contribution >= 4 is 17.6 Å². The third-order valence-electron chi connectivity index (χ3n) is 4.40. The summed E-state index contributed by atoms with van der Waals surface area (Å²) in [6.45, 7) is 8.53. The van der Waals surface area contributed by atoms with Gasteiger partial charge in [0.15, 0.2) is 5.96 Å². The largest absolute Gasteiger partial charge is 0.355 e. The molecule has 1 aromatic heterocycles. The van der Waals surface area contributed by atoms with Gasteiger partial charge in [0.2, 0.25) is 0 Å². The maximum atomic E-state index is 6.46. The van der Waals surface area contributed by atoms with Crippen LogP contribution < -0.4 is 10.6 Å². The second kappa shape index (κ2) is 10.8. The second-order valence-electron chi connectivity index (χ2n) is 5.91. The third kappa shape index (κ3) is 5.75. The lowest BCUT2D eigenvalue weighted by Gasteiger charge is -2.31. The first-order chi connectivity index (χ1) is 12.7. The minimum Gasteiger partial charge on any atom is -0.355 e. The quantitative estimate of drug-likeness (QED) is 0.522. The van der Waals surface area contributed by atoms with Crippen LogP contribution in [-0.2, 0) is 6.54 Å². The molecule has 1 heterocycles. The van der Waals surface area contributed by atoms with Crippen molar-refractivity contribution in [2.45, 2.75) is 26.4 Å². The summed E-state index contributed by atoms with van der Waals surface area (Å²) in [5, 5.41) is 11.8. The molecule has 0 fully saturated rings. The van der Waals surface area contributed by atoms with E-state index in [2.05, 4.69) is 45.5 Å². The van der Waals surface area contributed by atoms with E-state index >= 15 is 0 Å². The van der Waals surface area contributed by atoms with Gasteiger partial charge in [0.25, 0.3) is 0 Å². The van der Waals surface area contributed by atoms with E-state index in [1.807, 2.05) is 35.1 Å². The van der Waals surface area contributed by atoms with Crippen molar-refractivity contribution in [1.29, 1.82) is 0 Å². The zero-order chi connectivity index (χ0) is 18.8. The Kier molecular flexibility index (Phi) is 8.44. The van der Waals surface area contributed by atoms with E-state index in [0.29, 0.717) is 0 Å². The molecule has 0 saturated heterocycles. The highest BCUT2D eigenvalue weighted by Crippen LogP contribution is 2.26. The highest BCUT2D eigenvalue weighted by atomic mass is 35.5. The first-order valence-electron chi connectivity index (χ1n) is 9.10. The van der Waals surface area contributed by atoms with Gasteiger partial charge < -0.3 is 10.6 Å². The molecule has 142 valence electrons. The van der Waals surface area contributed by atoms with E-state index in [1.54, 1.807) is 13.2 Å². The molecule has 7 heteroatoms. The fourth-order valence-electron chi connectivity index (χ4n) is 2.98. The van der Waals surface area contributed by atoms with Gasteiger partial charge in [-0.1, -0.05) is 43.6 Å². The monoisotopic (exact) mass is 376 g/mol. The Morgan fingerprint density at radius 3 is 2.62 bits per heavy atom. The fraction of sp³-hybridized carbons (Fsp3) is 0.474. The lowest BCUT2D eigenvalue weighted by molar-refractivity contribution is 0.219. The van der Waals surface area contributed by atoms with Crippen molar-refractivity contribution in [3.05, 3.63) is 53.3 Å². The number of likely N-dealkylation sites (N-methyl/N-ethyl adjacent to an activating group) is 1. The van der Waals surface area contributed by atoms with Gasteiger partial charge in [-0.15, -0.1) is 0 Å². The van der Waals surface area contributed by atoms with E-state index in [-0.39, 0.29) is 6.04 Å². The number of guanidine groups is 1. The van der Waals surface area contributed by atoms with Crippen molar-refractivity contribution in [3.8, 4) is 0 Å². The van der Waals surface area contributed by atoms with Crippen LogP contribution in [0.5, 0.6) is 0 Å². The molecule has 2 aromatic rings. The normalized spacial score (nSPS) is 13.0. The number of rotatable bonds is 9. The predicted octanol–water partition coefficient (Wildman–Crippen LogP) is 2.78. The number of nitrogens with one attached hydrogen (secondary N) is 2. The average Bonchev–Trinajstić information content (AvgIpc) is 3.17. The molecule has 0 spiro atoms. The van der Waals surface area contributed by atoms with Crippen LogP contribution >= 0.6 is 11.6 Å². The van der Waals surface area contributed by atoms with Gasteiger partial charge >= 0.3 is 0 Å². The van der Waals surface area contributed by atoms with Crippen molar-refractivity contribution in [2.24, 2.45) is 4.99 Å². The second-order valence-corrected chi connectivity index (χ2v) is 6.31. The van der Waals surface area contributed by atoms with E-state index < -0.39 is 0 Å². The van der Waals surface area contributed by atoms with E-state index in [0.717, 1.165) is 49.3 Å². The number of aliphatic imine (C=N–C) groups is 1. The Bertz CT molecular complexity index is 666. The van der Waals surface area contributed by atoms with Gasteiger partial charge in [-0.2, -0.15) is 5.10 Å². The van der Waals surface area contributed by atoms with Gasteiger partial charge in [-0.25, -0.2) is 0 Å². The highest BCUT2D eigenvalue weighted by Gasteiger charge is 2.20. The SMILES string of the molecule is CCN(CC)C(CNC(=NC)NCCn1cccn1)c1ccccc1Cl. The Morgan fingerprint density at radius 2 is 2.00 bits per heavy atom. The average molecular weight is 377 g/mol. The third-order valence-corrected chi connectivity index (χ3v) is 4.74. The molecule has 1 aromatic carbocycles. The van der Waals surface area contributed by atoms with Gasteiger partial charge in [-0.05, 0) is 30.8 Å². The standard InChI is InChI=1S/C19H29ClN6/c1-4-25(5-2)18(16-9-6-7-10-17(16)20)15-23-19(21-3)22-12-14-26-13-8-11-24-26/h6-11,13,18H,4-5,12,14-15H2,1-3H3,(H2,21,22,23). The lowest BCUT2D eigenvalue weighted by atomic mass is 10.0. The Balaban J connectivity index is 1.97. The maximum absolute atomic E-state index is 6.46. The molecule has 2 rings (SSSR count). The fourth-order valence-corrected chi connectivity index (χ4v) is 3.24. The Hall–Kier alpha value is -2.05. The smallest absolute Gasteiger partial charge is 0.191 e. The minimum absolute atomic E-state index is 0.184. The topological polar surface area (TPSA) is 57.5 Å². The summed E-state index contributed by atoms with van der Waals surface area (Å²) in [7, 11) is 1.78. The van der Waals surface area contributed by atoms with E-state index in [4.69, 9.17) is 11.6 Å². The highest BCUT2D eigenvalue weighted by molar-refractivity contribution is 6.31. The minimum atomic E-state index is 0.184. The summed E-state index contributed by atoms with van der Waals surface area (Å²) in [5.41, 5.74) is 1.14. The van der Waals surface area contributed by atoms with Crippen LogP contribution in [0.1, 0.15) is 25.5 Å². The number of aromatic nitrogens is 2. The van der Waals surface area contributed by atoms with Gasteiger partial charge in [0, 0.05) is 37.6 Å². The molecule has 0 aliphatic rings. The number of nitrogens with zero attached hydrogens (tertiary/aromatic N) is 4. The van der Waals surface area contributed by atoms with Crippen LogP contribution in [0.2, 0.25) is 5.02 Å². The summed E-state index contributed by atoms with van der Waals surface area (Å²) in [6, 6.07) is 10.2. The number of hydrogen-bond donors (Lipinski definition) is 2. The number of hydrogen-bond acceptors (Lipinski definition) is 3. The molecule has 0 saturated carbocycles. The first kappa shape index (κ1) is 20.3. The molecule has 0 bridgehead atoms. The van der Waals surface area contributed by atoms with Crippen molar-refractivity contribution in [2.75, 3.05) is 33.2 Å². The maximum Gasteiger partial charge on any atom is 0.191 e. The van der Waals surface area contributed by atoms with Crippen LogP contribution in [0, 0.1) is 0 Å². The molecule has 0 aliphatic carbocycles.